The van der Waals surface area contributed by atoms with Crippen LogP contribution in [0.1, 0.15) is 41.5 Å². The smallest absolute Gasteiger partial charge is 0.134 e. The van der Waals surface area contributed by atoms with Gasteiger partial charge in [0.05, 0.1) is 15.2 Å². The molecule has 0 atom stereocenters. The van der Waals surface area contributed by atoms with Crippen LogP contribution in [0.4, 0.5) is 0 Å². The quantitative estimate of drug-likeness (QED) is 0.153. The summed E-state index contributed by atoms with van der Waals surface area (Å²) < 4.78 is -3.71. The first kappa shape index (κ1) is 27.0. The molecular formula is C12H30Br6Si5. The van der Waals surface area contributed by atoms with E-state index >= 15 is 0 Å². The normalized spacial score (nSPS) is 15.1. The van der Waals surface area contributed by atoms with Crippen LogP contribution in [0, 0.1) is 0 Å². The zero-order valence-electron chi connectivity index (χ0n) is 15.0. The fraction of sp³-hybridized carbons (Fsp3) is 1.00. The minimum absolute atomic E-state index is 1.38. The molecule has 0 spiro atoms. The summed E-state index contributed by atoms with van der Waals surface area (Å²) in [4.78, 5) is 0. The average molecular weight is 794 g/mol. The molecule has 0 aromatic rings. The number of halogens is 6. The van der Waals surface area contributed by atoms with E-state index in [-0.39, 0.29) is 0 Å². The molecule has 0 saturated carbocycles. The van der Waals surface area contributed by atoms with E-state index in [1.165, 1.54) is 36.3 Å². The summed E-state index contributed by atoms with van der Waals surface area (Å²) in [5.74, 6) is 0. The third-order valence-corrected chi connectivity index (χ3v) is 199. The van der Waals surface area contributed by atoms with Crippen molar-refractivity contribution in [2.45, 2.75) is 77.8 Å². The van der Waals surface area contributed by atoms with Crippen LogP contribution in [0.25, 0.3) is 0 Å². The standard InChI is InChI=1S/C12H30Br6Si5/c1-7-19(8-2,9-3)23(18,20(10-4,11-5)12-6)22(16,17)21(13,14)15/h7-12H2,1-6H3. The third-order valence-electron chi connectivity index (χ3n) is 6.31. The SMILES string of the molecule is CC[Si](CC)(CC)[Si](Br)([Si](CC)(CC)CC)[Si](Br)(Br)[Si](Br)(Br)Br. The highest BCUT2D eigenvalue weighted by molar-refractivity contribution is 9.83. The van der Waals surface area contributed by atoms with E-state index in [1.54, 1.807) is 0 Å². The maximum absolute atomic E-state index is 4.73. The Morgan fingerprint density at radius 2 is 0.696 bits per heavy atom. The monoisotopic (exact) mass is 788 g/mol. The van der Waals surface area contributed by atoms with Crippen molar-refractivity contribution in [2.24, 2.45) is 0 Å². The lowest BCUT2D eigenvalue weighted by atomic mass is 10.9. The molecule has 0 aromatic heterocycles. The molecule has 0 bridgehead atoms. The van der Waals surface area contributed by atoms with Crippen LogP contribution in [0.5, 0.6) is 0 Å². The summed E-state index contributed by atoms with van der Waals surface area (Å²) in [7, 11) is -2.77. The summed E-state index contributed by atoms with van der Waals surface area (Å²) >= 11 is 25.8. The minimum Gasteiger partial charge on any atom is -0.134 e. The zero-order chi connectivity index (χ0) is 18.7. The maximum atomic E-state index is 4.73. The van der Waals surface area contributed by atoms with E-state index in [9.17, 15) is 0 Å². The molecule has 0 heterocycles. The van der Waals surface area contributed by atoms with E-state index in [2.05, 4.69) is 118 Å². The predicted octanol–water partition coefficient (Wildman–Crippen LogP) is 9.01. The van der Waals surface area contributed by atoms with Crippen molar-refractivity contribution in [3.05, 3.63) is 0 Å². The Morgan fingerprint density at radius 3 is 0.826 bits per heavy atom. The lowest BCUT2D eigenvalue weighted by molar-refractivity contribution is 1.19. The second-order valence-corrected chi connectivity index (χ2v) is 101. The van der Waals surface area contributed by atoms with Gasteiger partial charge < -0.3 is 0 Å². The Kier molecular flexibility index (Phi) is 11.9. The van der Waals surface area contributed by atoms with Crippen molar-refractivity contribution in [3.8, 4) is 0 Å². The molecule has 0 nitrogen and oxygen atoms in total. The highest BCUT2D eigenvalue weighted by atomic mass is 80.0. The molecule has 0 saturated heterocycles. The first-order valence-corrected chi connectivity index (χ1v) is 37.3. The van der Waals surface area contributed by atoms with E-state index in [1.807, 2.05) is 0 Å². The number of rotatable bonds is 10. The highest BCUT2D eigenvalue weighted by Crippen LogP contribution is 2.60. The van der Waals surface area contributed by atoms with E-state index < -0.39 is 28.2 Å². The summed E-state index contributed by atoms with van der Waals surface area (Å²) in [5, 5.41) is -1.69. The van der Waals surface area contributed by atoms with Crippen LogP contribution in [0.3, 0.4) is 0 Å². The van der Waals surface area contributed by atoms with Crippen LogP contribution in [-0.2, 0) is 0 Å². The van der Waals surface area contributed by atoms with Gasteiger partial charge in [-0.1, -0.05) is 124 Å². The van der Waals surface area contributed by atoms with E-state index in [0.717, 1.165) is 0 Å². The lowest BCUT2D eigenvalue weighted by Gasteiger charge is -2.59. The Bertz CT molecular complexity index is 337. The van der Waals surface area contributed by atoms with Gasteiger partial charge in [0.15, 0.2) is 0 Å². The van der Waals surface area contributed by atoms with Crippen LogP contribution in [0.15, 0.2) is 0 Å². The third kappa shape index (κ3) is 4.44. The van der Waals surface area contributed by atoms with Crippen molar-refractivity contribution in [1.29, 1.82) is 0 Å². The number of hydrogen-bond donors (Lipinski definition) is 0. The molecule has 23 heavy (non-hydrogen) atoms. The average Bonchev–Trinajstić information content (AvgIpc) is 2.50. The summed E-state index contributed by atoms with van der Waals surface area (Å²) in [6.07, 6.45) is 0. The summed E-state index contributed by atoms with van der Waals surface area (Å²) in [6.45, 7) is 14.9. The topological polar surface area (TPSA) is 0 Å². The van der Waals surface area contributed by atoms with Crippen LogP contribution in [-0.4, -0.2) is 28.2 Å². The van der Waals surface area contributed by atoms with Gasteiger partial charge in [-0.3, -0.25) is 0 Å². The van der Waals surface area contributed by atoms with Crippen LogP contribution < -0.4 is 0 Å². The lowest BCUT2D eigenvalue weighted by Crippen LogP contribution is -2.85. The molecule has 11 heteroatoms. The predicted molar refractivity (Wildman–Crippen MR) is 145 cm³/mol. The van der Waals surface area contributed by atoms with Crippen molar-refractivity contribution >= 4 is 120 Å². The maximum Gasteiger partial charge on any atom is 0.276 e. The fourth-order valence-electron chi connectivity index (χ4n) is 4.39. The summed E-state index contributed by atoms with van der Waals surface area (Å²) in [6, 6.07) is 8.47. The molecule has 0 aliphatic rings. The molecule has 0 unspecified atom stereocenters. The van der Waals surface area contributed by atoms with Gasteiger partial charge in [0.2, 0.25) is 4.35 Å². The van der Waals surface area contributed by atoms with Gasteiger partial charge in [0, 0.05) is 0 Å². The first-order valence-electron chi connectivity index (χ1n) is 8.50. The van der Waals surface area contributed by atoms with Crippen LogP contribution in [0.2, 0.25) is 36.3 Å². The molecule has 140 valence electrons. The molecule has 0 aliphatic heterocycles. The summed E-state index contributed by atoms with van der Waals surface area (Å²) in [5.41, 5.74) is 0. The highest BCUT2D eigenvalue weighted by Gasteiger charge is 2.76. The van der Waals surface area contributed by atoms with Gasteiger partial charge in [0.25, 0.3) is 3.45 Å². The molecule has 0 rings (SSSR count). The van der Waals surface area contributed by atoms with Crippen molar-refractivity contribution < 1.29 is 0 Å². The molecule has 0 aromatic carbocycles. The van der Waals surface area contributed by atoms with E-state index in [4.69, 9.17) is 15.3 Å². The van der Waals surface area contributed by atoms with Gasteiger partial charge in [-0.15, -0.1) is 45.9 Å². The van der Waals surface area contributed by atoms with Gasteiger partial charge in [-0.25, -0.2) is 0 Å². The molecule has 0 radical (unpaired) electrons. The van der Waals surface area contributed by atoms with Crippen molar-refractivity contribution in [3.63, 3.8) is 0 Å². The molecule has 0 fully saturated rings. The number of hydrogen-bond acceptors (Lipinski definition) is 0. The Labute approximate surface area is 195 Å². The minimum atomic E-state index is -1.86. The zero-order valence-corrected chi connectivity index (χ0v) is 29.5. The Balaban J connectivity index is 6.89. The second kappa shape index (κ2) is 10.1. The molecule has 0 aliphatic carbocycles. The van der Waals surface area contributed by atoms with Crippen molar-refractivity contribution in [1.82, 2.24) is 0 Å². The Hall–Kier alpha value is 3.96. The molecule has 0 amide bonds. The van der Waals surface area contributed by atoms with Gasteiger partial charge >= 0.3 is 0 Å². The van der Waals surface area contributed by atoms with Crippen molar-refractivity contribution in [2.75, 3.05) is 0 Å². The fourth-order valence-corrected chi connectivity index (χ4v) is 244. The molecule has 0 N–H and O–H groups in total. The van der Waals surface area contributed by atoms with Gasteiger partial charge in [-0.2, -0.15) is 0 Å². The first-order chi connectivity index (χ1) is 10.4. The molecular weight excluding hydrogens is 764 g/mol. The second-order valence-electron chi connectivity index (χ2n) is 6.41. The Morgan fingerprint density at radius 1 is 0.478 bits per heavy atom. The van der Waals surface area contributed by atoms with Crippen LogP contribution >= 0.6 is 91.8 Å². The van der Waals surface area contributed by atoms with Gasteiger partial charge in [-0.05, 0) is 0 Å². The largest absolute Gasteiger partial charge is 0.276 e. The van der Waals surface area contributed by atoms with E-state index in [0.29, 0.717) is 0 Å². The van der Waals surface area contributed by atoms with Gasteiger partial charge in [0.1, 0.15) is 5.25 Å².